The van der Waals surface area contributed by atoms with Gasteiger partial charge in [-0.25, -0.2) is 4.98 Å². The Morgan fingerprint density at radius 1 is 1.34 bits per heavy atom. The summed E-state index contributed by atoms with van der Waals surface area (Å²) in [6.07, 6.45) is 2.82. The zero-order chi connectivity index (χ0) is 20.4. The van der Waals surface area contributed by atoms with E-state index in [0.717, 1.165) is 29.9 Å². The Labute approximate surface area is 169 Å². The number of benzene rings is 1. The molecule has 29 heavy (non-hydrogen) atoms. The SMILES string of the molecule is CC(=O)N1CC(C#Cc2ccc(-c3cc(Cn4ccnc4[C@H](C)O)no3)cc2)C1. The summed E-state index contributed by atoms with van der Waals surface area (Å²) in [7, 11) is 0. The number of aromatic nitrogens is 3. The van der Waals surface area contributed by atoms with Gasteiger partial charge in [0, 0.05) is 49.6 Å². The maximum Gasteiger partial charge on any atom is 0.219 e. The lowest BCUT2D eigenvalue weighted by Crippen LogP contribution is -2.48. The van der Waals surface area contributed by atoms with Gasteiger partial charge >= 0.3 is 0 Å². The maximum absolute atomic E-state index is 11.2. The van der Waals surface area contributed by atoms with Crippen LogP contribution in [0.1, 0.15) is 37.0 Å². The second kappa shape index (κ2) is 7.94. The summed E-state index contributed by atoms with van der Waals surface area (Å²) in [5.74, 6) is 8.01. The lowest BCUT2D eigenvalue weighted by molar-refractivity contribution is -0.133. The van der Waals surface area contributed by atoms with Crippen molar-refractivity contribution in [3.63, 3.8) is 0 Å². The molecule has 1 amide bonds. The van der Waals surface area contributed by atoms with E-state index in [-0.39, 0.29) is 11.8 Å². The molecule has 0 unspecified atom stereocenters. The summed E-state index contributed by atoms with van der Waals surface area (Å²) < 4.78 is 7.32. The van der Waals surface area contributed by atoms with Crippen LogP contribution < -0.4 is 0 Å². The Kier molecular flexibility index (Phi) is 5.19. The summed E-state index contributed by atoms with van der Waals surface area (Å²) in [4.78, 5) is 17.2. The third-order valence-corrected chi connectivity index (χ3v) is 4.93. The Morgan fingerprint density at radius 2 is 2.10 bits per heavy atom. The van der Waals surface area contributed by atoms with Crippen LogP contribution in [0.2, 0.25) is 0 Å². The average Bonchev–Trinajstić information content (AvgIpc) is 3.30. The van der Waals surface area contributed by atoms with Crippen LogP contribution in [0.4, 0.5) is 0 Å². The summed E-state index contributed by atoms with van der Waals surface area (Å²) >= 11 is 0. The zero-order valence-corrected chi connectivity index (χ0v) is 16.4. The van der Waals surface area contributed by atoms with E-state index in [1.165, 1.54) is 0 Å². The monoisotopic (exact) mass is 390 g/mol. The summed E-state index contributed by atoms with van der Waals surface area (Å²) in [5, 5.41) is 13.9. The number of hydrogen-bond acceptors (Lipinski definition) is 5. The first kappa shape index (κ1) is 19.0. The van der Waals surface area contributed by atoms with Crippen LogP contribution in [-0.2, 0) is 11.3 Å². The number of carbonyl (C=O) groups is 1. The van der Waals surface area contributed by atoms with Crippen molar-refractivity contribution < 1.29 is 14.4 Å². The van der Waals surface area contributed by atoms with E-state index in [2.05, 4.69) is 22.0 Å². The fourth-order valence-corrected chi connectivity index (χ4v) is 3.25. The molecule has 4 rings (SSSR count). The van der Waals surface area contributed by atoms with E-state index >= 15 is 0 Å². The fraction of sp³-hybridized carbons (Fsp3) is 0.318. The largest absolute Gasteiger partial charge is 0.385 e. The van der Waals surface area contributed by atoms with Crippen molar-refractivity contribution in [2.75, 3.05) is 13.1 Å². The van der Waals surface area contributed by atoms with Gasteiger partial charge in [0.1, 0.15) is 17.6 Å². The molecule has 7 nitrogen and oxygen atoms in total. The molecule has 0 spiro atoms. The summed E-state index contributed by atoms with van der Waals surface area (Å²) in [6.45, 7) is 5.18. The molecule has 0 aliphatic carbocycles. The molecule has 148 valence electrons. The van der Waals surface area contributed by atoms with Crippen molar-refractivity contribution >= 4 is 5.91 Å². The molecule has 0 radical (unpaired) electrons. The lowest BCUT2D eigenvalue weighted by Gasteiger charge is -2.35. The second-order valence-electron chi connectivity index (χ2n) is 7.24. The van der Waals surface area contributed by atoms with Gasteiger partial charge in [0.25, 0.3) is 0 Å². The smallest absolute Gasteiger partial charge is 0.219 e. The van der Waals surface area contributed by atoms with E-state index in [0.29, 0.717) is 18.1 Å². The molecular weight excluding hydrogens is 368 g/mol. The Balaban J connectivity index is 1.40. The Morgan fingerprint density at radius 3 is 2.79 bits per heavy atom. The number of rotatable bonds is 4. The number of nitrogens with zero attached hydrogens (tertiary/aromatic N) is 4. The predicted octanol–water partition coefficient (Wildman–Crippen LogP) is 2.47. The van der Waals surface area contributed by atoms with E-state index < -0.39 is 6.10 Å². The highest BCUT2D eigenvalue weighted by molar-refractivity contribution is 5.74. The molecule has 2 aromatic heterocycles. The molecule has 0 saturated carbocycles. The van der Waals surface area contributed by atoms with Crippen LogP contribution in [0, 0.1) is 17.8 Å². The molecule has 1 aliphatic rings. The van der Waals surface area contributed by atoms with Gasteiger partial charge in [-0.2, -0.15) is 0 Å². The minimum Gasteiger partial charge on any atom is -0.385 e. The standard InChI is InChI=1S/C22H22N4O3/c1-15(27)22-23-9-10-25(22)14-20-11-21(29-24-20)19-7-5-17(6-8-19)3-4-18-12-26(13-18)16(2)28/h5-11,15,18,27H,12-14H2,1-2H3/t15-/m0/s1. The number of aliphatic hydroxyl groups excluding tert-OH is 1. The van der Waals surface area contributed by atoms with E-state index in [9.17, 15) is 9.90 Å². The van der Waals surface area contributed by atoms with Crippen LogP contribution >= 0.6 is 0 Å². The Hall–Kier alpha value is -3.37. The molecule has 0 bridgehead atoms. The quantitative estimate of drug-likeness (QED) is 0.692. The zero-order valence-electron chi connectivity index (χ0n) is 16.4. The van der Waals surface area contributed by atoms with Crippen molar-refractivity contribution in [3.05, 3.63) is 59.8 Å². The molecule has 1 fully saturated rings. The third kappa shape index (κ3) is 4.23. The molecular formula is C22H22N4O3. The highest BCUT2D eigenvalue weighted by Crippen LogP contribution is 2.22. The summed E-state index contributed by atoms with van der Waals surface area (Å²) in [5.41, 5.74) is 2.60. The van der Waals surface area contributed by atoms with Gasteiger partial charge in [-0.05, 0) is 31.2 Å². The number of imidazole rings is 1. The minimum absolute atomic E-state index is 0.106. The molecule has 1 saturated heterocycles. The van der Waals surface area contributed by atoms with Gasteiger partial charge in [-0.15, -0.1) is 0 Å². The molecule has 3 aromatic rings. The second-order valence-corrected chi connectivity index (χ2v) is 7.24. The maximum atomic E-state index is 11.2. The van der Waals surface area contributed by atoms with Gasteiger partial charge < -0.3 is 19.1 Å². The highest BCUT2D eigenvalue weighted by atomic mass is 16.5. The summed E-state index contributed by atoms with van der Waals surface area (Å²) in [6, 6.07) is 9.70. The number of carbonyl (C=O) groups excluding carboxylic acids is 1. The molecule has 1 atom stereocenters. The highest BCUT2D eigenvalue weighted by Gasteiger charge is 2.26. The first-order chi connectivity index (χ1) is 14.0. The van der Waals surface area contributed by atoms with Crippen molar-refractivity contribution in [1.29, 1.82) is 0 Å². The van der Waals surface area contributed by atoms with Crippen LogP contribution in [-0.4, -0.2) is 43.7 Å². The number of aliphatic hydroxyl groups is 1. The van der Waals surface area contributed by atoms with Gasteiger partial charge in [-0.3, -0.25) is 4.79 Å². The predicted molar refractivity (Wildman–Crippen MR) is 107 cm³/mol. The van der Waals surface area contributed by atoms with Crippen LogP contribution in [0.5, 0.6) is 0 Å². The van der Waals surface area contributed by atoms with Crippen molar-refractivity contribution in [2.45, 2.75) is 26.5 Å². The molecule has 7 heteroatoms. The van der Waals surface area contributed by atoms with E-state index in [1.54, 1.807) is 24.9 Å². The van der Waals surface area contributed by atoms with Crippen LogP contribution in [0.15, 0.2) is 47.2 Å². The van der Waals surface area contributed by atoms with Gasteiger partial charge in [0.05, 0.1) is 12.5 Å². The van der Waals surface area contributed by atoms with Crippen molar-refractivity contribution in [2.24, 2.45) is 5.92 Å². The first-order valence-electron chi connectivity index (χ1n) is 9.52. The van der Waals surface area contributed by atoms with Gasteiger partial charge in [0.2, 0.25) is 5.91 Å². The van der Waals surface area contributed by atoms with Crippen molar-refractivity contribution in [3.8, 4) is 23.2 Å². The topological polar surface area (TPSA) is 84.4 Å². The van der Waals surface area contributed by atoms with Crippen molar-refractivity contribution in [1.82, 2.24) is 19.6 Å². The first-order valence-corrected chi connectivity index (χ1v) is 9.52. The molecule has 3 heterocycles. The third-order valence-electron chi connectivity index (χ3n) is 4.93. The number of amides is 1. The number of hydrogen-bond donors (Lipinski definition) is 1. The normalized spacial score (nSPS) is 14.8. The molecule has 1 aromatic carbocycles. The molecule has 1 aliphatic heterocycles. The minimum atomic E-state index is -0.643. The van der Waals surface area contributed by atoms with Crippen LogP contribution in [0.25, 0.3) is 11.3 Å². The van der Waals surface area contributed by atoms with Gasteiger partial charge in [0.15, 0.2) is 5.76 Å². The average molecular weight is 390 g/mol. The fourth-order valence-electron chi connectivity index (χ4n) is 3.25. The Bertz CT molecular complexity index is 1060. The molecule has 1 N–H and O–H groups in total. The number of likely N-dealkylation sites (tertiary alicyclic amines) is 1. The van der Waals surface area contributed by atoms with Gasteiger partial charge in [-0.1, -0.05) is 17.0 Å². The van der Waals surface area contributed by atoms with E-state index in [1.807, 2.05) is 41.1 Å². The van der Waals surface area contributed by atoms with Crippen LogP contribution in [0.3, 0.4) is 0 Å². The lowest BCUT2D eigenvalue weighted by atomic mass is 10.0. The van der Waals surface area contributed by atoms with E-state index in [4.69, 9.17) is 4.52 Å².